The maximum absolute atomic E-state index is 6.44. The smallest absolute Gasteiger partial charge is 0.151 e. The lowest BCUT2D eigenvalue weighted by Gasteiger charge is -2.37. The van der Waals surface area contributed by atoms with Gasteiger partial charge in [0.15, 0.2) is 11.5 Å². The van der Waals surface area contributed by atoms with Gasteiger partial charge in [-0.2, -0.15) is 0 Å². The first kappa shape index (κ1) is 22.6. The fourth-order valence-electron chi connectivity index (χ4n) is 7.73. The Morgan fingerprint density at radius 3 is 1.76 bits per heavy atom. The third kappa shape index (κ3) is 2.61. The number of nitrogens with zero attached hydrogens (tertiary/aromatic N) is 1. The number of ether oxygens (including phenoxy) is 1. The van der Waals surface area contributed by atoms with E-state index in [1.165, 1.54) is 59.6 Å². The first-order chi connectivity index (χ1) is 20.9. The minimum Gasteiger partial charge on any atom is -0.453 e. The minimum absolute atomic E-state index is 0.430. The van der Waals surface area contributed by atoms with Crippen LogP contribution in [0.25, 0.3) is 32.3 Å². The standard InChI is InChI=1S/C39H23NOS/c1-4-16-28-24(12-1)25-13-2-5-17-29(25)39(28)37-27(36-26-14-3-10-23-35(26)42-38(36)39)15-11-20-32(37)40-30-18-6-8-21-33(30)41-34-22-9-7-19-31(34)40/h1-23H. The molecule has 0 saturated heterocycles. The van der Waals surface area contributed by atoms with Gasteiger partial charge < -0.3 is 9.64 Å². The van der Waals surface area contributed by atoms with Gasteiger partial charge in [0.25, 0.3) is 0 Å². The average molecular weight is 554 g/mol. The molecule has 3 aliphatic rings. The zero-order chi connectivity index (χ0) is 27.4. The van der Waals surface area contributed by atoms with Gasteiger partial charge in [0, 0.05) is 26.1 Å². The second kappa shape index (κ2) is 8.00. The number of thiophene rings is 1. The van der Waals surface area contributed by atoms with Crippen molar-refractivity contribution in [1.82, 2.24) is 0 Å². The second-order valence-electron chi connectivity index (χ2n) is 11.2. The highest BCUT2D eigenvalue weighted by Crippen LogP contribution is 2.68. The molecule has 3 heteroatoms. The monoisotopic (exact) mass is 553 g/mol. The molecule has 2 aliphatic carbocycles. The predicted molar refractivity (Wildman–Crippen MR) is 173 cm³/mol. The van der Waals surface area contributed by atoms with E-state index in [0.29, 0.717) is 0 Å². The molecule has 0 bridgehead atoms. The van der Waals surface area contributed by atoms with Gasteiger partial charge in [0.05, 0.1) is 22.5 Å². The zero-order valence-electron chi connectivity index (χ0n) is 22.5. The van der Waals surface area contributed by atoms with Crippen molar-refractivity contribution >= 4 is 38.5 Å². The number of fused-ring (bicyclic) bond motifs is 14. The van der Waals surface area contributed by atoms with Crippen molar-refractivity contribution in [3.8, 4) is 33.8 Å². The van der Waals surface area contributed by atoms with E-state index < -0.39 is 5.41 Å². The molecule has 1 aromatic heterocycles. The quantitative estimate of drug-likeness (QED) is 0.200. The van der Waals surface area contributed by atoms with Crippen LogP contribution in [-0.2, 0) is 5.41 Å². The number of hydrogen-bond acceptors (Lipinski definition) is 3. The average Bonchev–Trinajstić information content (AvgIpc) is 3.67. The van der Waals surface area contributed by atoms with Crippen LogP contribution in [0.2, 0.25) is 0 Å². The van der Waals surface area contributed by atoms with Crippen LogP contribution in [0.3, 0.4) is 0 Å². The van der Waals surface area contributed by atoms with Gasteiger partial charge in [0.1, 0.15) is 0 Å². The molecule has 0 atom stereocenters. The van der Waals surface area contributed by atoms with E-state index in [9.17, 15) is 0 Å². The Hall–Kier alpha value is -5.12. The van der Waals surface area contributed by atoms with Crippen molar-refractivity contribution in [2.75, 3.05) is 4.90 Å². The Balaban J connectivity index is 1.40. The number of para-hydroxylation sites is 4. The lowest BCUT2D eigenvalue weighted by molar-refractivity contribution is 0.477. The summed E-state index contributed by atoms with van der Waals surface area (Å²) in [4.78, 5) is 3.84. The molecular formula is C39H23NOS. The summed E-state index contributed by atoms with van der Waals surface area (Å²) in [5.74, 6) is 1.74. The fraction of sp³-hybridized carbons (Fsp3) is 0.0256. The lowest BCUT2D eigenvalue weighted by Crippen LogP contribution is -2.28. The van der Waals surface area contributed by atoms with Crippen LogP contribution in [0, 0.1) is 0 Å². The molecule has 0 radical (unpaired) electrons. The highest BCUT2D eigenvalue weighted by Gasteiger charge is 2.55. The Morgan fingerprint density at radius 2 is 1.05 bits per heavy atom. The van der Waals surface area contributed by atoms with E-state index in [1.807, 2.05) is 11.3 Å². The van der Waals surface area contributed by atoms with Gasteiger partial charge in [-0.25, -0.2) is 0 Å². The number of anilines is 3. The molecule has 10 rings (SSSR count). The lowest BCUT2D eigenvalue weighted by atomic mass is 9.73. The molecule has 0 N–H and O–H groups in total. The Labute approximate surface area is 247 Å². The Bertz CT molecular complexity index is 2170. The van der Waals surface area contributed by atoms with E-state index in [0.717, 1.165) is 22.9 Å². The van der Waals surface area contributed by atoms with Crippen LogP contribution in [0.5, 0.6) is 11.5 Å². The summed E-state index contributed by atoms with van der Waals surface area (Å²) in [5, 5.41) is 1.33. The van der Waals surface area contributed by atoms with Gasteiger partial charge in [-0.15, -0.1) is 11.3 Å². The highest BCUT2D eigenvalue weighted by molar-refractivity contribution is 7.20. The summed E-state index contributed by atoms with van der Waals surface area (Å²) in [6.45, 7) is 0. The van der Waals surface area contributed by atoms with Gasteiger partial charge >= 0.3 is 0 Å². The van der Waals surface area contributed by atoms with Gasteiger partial charge in [-0.1, -0.05) is 103 Å². The molecule has 2 nitrogen and oxygen atoms in total. The molecule has 0 unspecified atom stereocenters. The van der Waals surface area contributed by atoms with Crippen LogP contribution in [0.4, 0.5) is 17.1 Å². The maximum Gasteiger partial charge on any atom is 0.151 e. The molecule has 0 amide bonds. The number of hydrogen-bond donors (Lipinski definition) is 0. The van der Waals surface area contributed by atoms with E-state index in [4.69, 9.17) is 4.74 Å². The summed E-state index contributed by atoms with van der Waals surface area (Å²) in [6, 6.07) is 50.7. The van der Waals surface area contributed by atoms with Crippen LogP contribution in [0.1, 0.15) is 21.6 Å². The molecule has 6 aromatic carbocycles. The topological polar surface area (TPSA) is 12.5 Å². The first-order valence-corrected chi connectivity index (χ1v) is 15.2. The van der Waals surface area contributed by atoms with Crippen LogP contribution in [-0.4, -0.2) is 0 Å². The first-order valence-electron chi connectivity index (χ1n) is 14.4. The van der Waals surface area contributed by atoms with Gasteiger partial charge in [-0.3, -0.25) is 0 Å². The largest absolute Gasteiger partial charge is 0.453 e. The van der Waals surface area contributed by atoms with Crippen molar-refractivity contribution in [2.24, 2.45) is 0 Å². The molecule has 0 saturated carbocycles. The molecule has 7 aromatic rings. The molecule has 2 heterocycles. The fourth-order valence-corrected chi connectivity index (χ4v) is 9.18. The highest BCUT2D eigenvalue weighted by atomic mass is 32.1. The van der Waals surface area contributed by atoms with Crippen LogP contribution in [0.15, 0.2) is 140 Å². The second-order valence-corrected chi connectivity index (χ2v) is 12.3. The van der Waals surface area contributed by atoms with Crippen molar-refractivity contribution in [3.05, 3.63) is 161 Å². The summed E-state index contributed by atoms with van der Waals surface area (Å²) in [7, 11) is 0. The van der Waals surface area contributed by atoms with E-state index in [-0.39, 0.29) is 0 Å². The summed E-state index contributed by atoms with van der Waals surface area (Å²) < 4.78 is 7.78. The Morgan fingerprint density at radius 1 is 0.500 bits per heavy atom. The van der Waals surface area contributed by atoms with E-state index >= 15 is 0 Å². The normalized spacial score (nSPS) is 14.5. The van der Waals surface area contributed by atoms with Crippen molar-refractivity contribution < 1.29 is 4.74 Å². The van der Waals surface area contributed by atoms with Crippen molar-refractivity contribution in [3.63, 3.8) is 0 Å². The molecule has 42 heavy (non-hydrogen) atoms. The maximum atomic E-state index is 6.44. The summed E-state index contributed by atoms with van der Waals surface area (Å²) in [6.07, 6.45) is 0. The van der Waals surface area contributed by atoms with Crippen molar-refractivity contribution in [1.29, 1.82) is 0 Å². The molecule has 1 spiro atoms. The van der Waals surface area contributed by atoms with Crippen molar-refractivity contribution in [2.45, 2.75) is 5.41 Å². The zero-order valence-corrected chi connectivity index (χ0v) is 23.4. The molecular weight excluding hydrogens is 531 g/mol. The van der Waals surface area contributed by atoms with Crippen LogP contribution < -0.4 is 9.64 Å². The van der Waals surface area contributed by atoms with E-state index in [1.54, 1.807) is 0 Å². The predicted octanol–water partition coefficient (Wildman–Crippen LogP) is 10.8. The van der Waals surface area contributed by atoms with Gasteiger partial charge in [-0.05, 0) is 64.2 Å². The van der Waals surface area contributed by atoms with Gasteiger partial charge in [0.2, 0.25) is 0 Å². The SMILES string of the molecule is c1ccc2c(c1)Oc1ccccc1N2c1cccc2c1C1(c3ccccc3-c3ccccc31)c1sc3ccccc3c1-2. The Kier molecular flexibility index (Phi) is 4.29. The summed E-state index contributed by atoms with van der Waals surface area (Å²) in [5.41, 5.74) is 12.3. The third-order valence-corrected chi connectivity index (χ3v) is 10.5. The summed E-state index contributed by atoms with van der Waals surface area (Å²) >= 11 is 1.95. The van der Waals surface area contributed by atoms with E-state index in [2.05, 4.69) is 144 Å². The molecule has 0 fully saturated rings. The number of rotatable bonds is 1. The molecule has 1 aliphatic heterocycles. The third-order valence-electron chi connectivity index (χ3n) is 9.25. The van der Waals surface area contributed by atoms with Crippen LogP contribution >= 0.6 is 11.3 Å². The number of benzene rings is 6. The molecule has 196 valence electrons. The minimum atomic E-state index is -0.430.